The number of amides is 2. The molecule has 40 heavy (non-hydrogen) atoms. The van der Waals surface area contributed by atoms with Crippen LogP contribution >= 0.6 is 11.6 Å². The Morgan fingerprint density at radius 1 is 1.18 bits per heavy atom. The van der Waals surface area contributed by atoms with Crippen molar-refractivity contribution in [1.29, 1.82) is 0 Å². The third kappa shape index (κ3) is 6.62. The monoisotopic (exact) mass is 591 g/mol. The Hall–Kier alpha value is -2.66. The lowest BCUT2D eigenvalue weighted by Gasteiger charge is -2.38. The van der Waals surface area contributed by atoms with Gasteiger partial charge in [0.05, 0.1) is 35.3 Å². The molecule has 4 rings (SSSR count). The van der Waals surface area contributed by atoms with Crippen LogP contribution < -0.4 is 10.1 Å². The first-order chi connectivity index (χ1) is 19.0. The van der Waals surface area contributed by atoms with Crippen LogP contribution in [0.25, 0.3) is 0 Å². The third-order valence-electron chi connectivity index (χ3n) is 7.88. The number of ether oxygens (including phenoxy) is 1. The summed E-state index contributed by atoms with van der Waals surface area (Å²) in [5.41, 5.74) is 0.627. The van der Waals surface area contributed by atoms with Gasteiger partial charge in [-0.15, -0.1) is 0 Å². The van der Waals surface area contributed by atoms with Crippen LogP contribution in [0.1, 0.15) is 56.3 Å². The molecular formula is C29H38ClN3O6S. The molecule has 1 aliphatic carbocycles. The van der Waals surface area contributed by atoms with Crippen LogP contribution in [0.15, 0.2) is 47.4 Å². The van der Waals surface area contributed by atoms with Crippen molar-refractivity contribution in [3.05, 3.63) is 53.1 Å². The normalized spacial score (nSPS) is 21.2. The quantitative estimate of drug-likeness (QED) is 0.470. The second-order valence-corrected chi connectivity index (χ2v) is 13.3. The first kappa shape index (κ1) is 30.3. The Kier molecular flexibility index (Phi) is 9.76. The maximum atomic E-state index is 13.7. The summed E-state index contributed by atoms with van der Waals surface area (Å²) < 4.78 is 34.4. The highest BCUT2D eigenvalue weighted by atomic mass is 35.5. The van der Waals surface area contributed by atoms with Gasteiger partial charge >= 0.3 is 0 Å². The number of benzene rings is 2. The second kappa shape index (κ2) is 12.9. The summed E-state index contributed by atoms with van der Waals surface area (Å²) in [4.78, 5) is 28.5. The van der Waals surface area contributed by atoms with E-state index in [0.717, 1.165) is 32.1 Å². The van der Waals surface area contributed by atoms with Crippen LogP contribution in [-0.4, -0.2) is 73.4 Å². The molecule has 2 amide bonds. The molecule has 0 radical (unpaired) electrons. The Bertz CT molecular complexity index is 1310. The van der Waals surface area contributed by atoms with Crippen LogP contribution in [0.5, 0.6) is 5.75 Å². The lowest BCUT2D eigenvalue weighted by Crippen LogP contribution is -2.50. The molecule has 0 spiro atoms. The SMILES string of the molecule is C[C@H](CO)N1C[C@H](C)[C@H](CN(C)S(=O)(=O)c2ccc(Cl)cc2)Oc2c(NC(=O)C3CCCCC3)cccc2C1=O. The van der Waals surface area contributed by atoms with E-state index in [2.05, 4.69) is 5.32 Å². The van der Waals surface area contributed by atoms with E-state index in [4.69, 9.17) is 16.3 Å². The fraction of sp³-hybridized carbons (Fsp3) is 0.517. The number of para-hydroxylation sites is 1. The molecule has 0 aromatic heterocycles. The van der Waals surface area contributed by atoms with E-state index in [1.807, 2.05) is 6.92 Å². The Labute approximate surface area is 241 Å². The molecule has 9 nitrogen and oxygen atoms in total. The topological polar surface area (TPSA) is 116 Å². The van der Waals surface area contributed by atoms with Gasteiger partial charge in [0, 0.05) is 30.5 Å². The highest BCUT2D eigenvalue weighted by Crippen LogP contribution is 2.36. The van der Waals surface area contributed by atoms with E-state index in [-0.39, 0.29) is 59.6 Å². The molecule has 2 aliphatic rings. The van der Waals surface area contributed by atoms with Gasteiger partial charge in [0.2, 0.25) is 15.9 Å². The van der Waals surface area contributed by atoms with Gasteiger partial charge in [-0.25, -0.2) is 8.42 Å². The maximum absolute atomic E-state index is 13.7. The zero-order chi connectivity index (χ0) is 29.0. The van der Waals surface area contributed by atoms with Crippen molar-refractivity contribution in [2.75, 3.05) is 32.1 Å². The van der Waals surface area contributed by atoms with Gasteiger partial charge in [0.15, 0.2) is 5.75 Å². The van der Waals surface area contributed by atoms with Gasteiger partial charge in [0.25, 0.3) is 5.91 Å². The summed E-state index contributed by atoms with van der Waals surface area (Å²) in [6.07, 6.45) is 4.09. The van der Waals surface area contributed by atoms with Crippen molar-refractivity contribution in [2.45, 2.75) is 63.0 Å². The molecular weight excluding hydrogens is 554 g/mol. The number of hydrogen-bond donors (Lipinski definition) is 2. The fourth-order valence-corrected chi connectivity index (χ4v) is 6.61. The predicted octanol–water partition coefficient (Wildman–Crippen LogP) is 4.40. The Morgan fingerprint density at radius 2 is 1.85 bits per heavy atom. The molecule has 0 saturated heterocycles. The van der Waals surface area contributed by atoms with Gasteiger partial charge < -0.3 is 20.1 Å². The lowest BCUT2D eigenvalue weighted by molar-refractivity contribution is -0.120. The highest BCUT2D eigenvalue weighted by Gasteiger charge is 2.36. The number of carbonyl (C=O) groups is 2. The molecule has 2 N–H and O–H groups in total. The molecule has 2 aromatic carbocycles. The average molecular weight is 592 g/mol. The summed E-state index contributed by atoms with van der Waals surface area (Å²) in [6, 6.07) is 10.5. The first-order valence-electron chi connectivity index (χ1n) is 13.8. The molecule has 1 heterocycles. The van der Waals surface area contributed by atoms with E-state index in [1.165, 1.54) is 35.6 Å². The zero-order valence-corrected chi connectivity index (χ0v) is 24.7. The van der Waals surface area contributed by atoms with E-state index in [9.17, 15) is 23.1 Å². The minimum absolute atomic E-state index is 0.00793. The van der Waals surface area contributed by atoms with E-state index in [0.29, 0.717) is 10.7 Å². The number of sulfonamides is 1. The average Bonchev–Trinajstić information content (AvgIpc) is 2.95. The Balaban J connectivity index is 1.69. The maximum Gasteiger partial charge on any atom is 0.258 e. The summed E-state index contributed by atoms with van der Waals surface area (Å²) in [5, 5.41) is 13.3. The molecule has 218 valence electrons. The molecule has 1 fully saturated rings. The smallest absolute Gasteiger partial charge is 0.258 e. The number of nitrogens with zero attached hydrogens (tertiary/aromatic N) is 2. The standard InChI is InChI=1S/C29H38ClN3O6S/c1-19-16-33(20(2)18-34)29(36)24-10-7-11-25(31-28(35)21-8-5-4-6-9-21)27(24)39-26(19)17-32(3)40(37,38)23-14-12-22(30)13-15-23/h7,10-15,19-21,26,34H,4-6,8-9,16-18H2,1-3H3,(H,31,35)/t19-,20+,26-/m0/s1. The van der Waals surface area contributed by atoms with Crippen LogP contribution in [0.3, 0.4) is 0 Å². The zero-order valence-electron chi connectivity index (χ0n) is 23.2. The van der Waals surface area contributed by atoms with E-state index >= 15 is 0 Å². The second-order valence-electron chi connectivity index (χ2n) is 10.9. The predicted molar refractivity (Wildman–Crippen MR) is 154 cm³/mol. The minimum Gasteiger partial charge on any atom is -0.486 e. The van der Waals surface area contributed by atoms with Crippen molar-refractivity contribution < 1.29 is 27.9 Å². The van der Waals surface area contributed by atoms with Crippen molar-refractivity contribution in [2.24, 2.45) is 11.8 Å². The number of fused-ring (bicyclic) bond motifs is 1. The van der Waals surface area contributed by atoms with Crippen molar-refractivity contribution in [1.82, 2.24) is 9.21 Å². The molecule has 3 atom stereocenters. The first-order valence-corrected chi connectivity index (χ1v) is 15.6. The summed E-state index contributed by atoms with van der Waals surface area (Å²) in [5.74, 6) is -0.640. The molecule has 11 heteroatoms. The summed E-state index contributed by atoms with van der Waals surface area (Å²) in [6.45, 7) is 3.64. The lowest BCUT2D eigenvalue weighted by atomic mass is 9.88. The number of rotatable bonds is 8. The largest absolute Gasteiger partial charge is 0.486 e. The molecule has 0 unspecified atom stereocenters. The highest BCUT2D eigenvalue weighted by molar-refractivity contribution is 7.89. The van der Waals surface area contributed by atoms with Gasteiger partial charge in [0.1, 0.15) is 6.10 Å². The number of halogens is 1. The number of aliphatic hydroxyl groups excluding tert-OH is 1. The number of nitrogens with one attached hydrogen (secondary N) is 1. The number of anilines is 1. The fourth-order valence-electron chi connectivity index (χ4n) is 5.30. The van der Waals surface area contributed by atoms with Crippen LogP contribution in [0, 0.1) is 11.8 Å². The number of likely N-dealkylation sites (N-methyl/N-ethyl adjacent to an activating group) is 1. The van der Waals surface area contributed by atoms with Gasteiger partial charge in [-0.2, -0.15) is 4.31 Å². The third-order valence-corrected chi connectivity index (χ3v) is 9.97. The molecule has 1 aliphatic heterocycles. The van der Waals surface area contributed by atoms with Crippen molar-refractivity contribution in [3.63, 3.8) is 0 Å². The summed E-state index contributed by atoms with van der Waals surface area (Å²) in [7, 11) is -2.38. The minimum atomic E-state index is -3.86. The van der Waals surface area contributed by atoms with Crippen LogP contribution in [0.2, 0.25) is 5.02 Å². The number of carbonyl (C=O) groups excluding carboxylic acids is 2. The van der Waals surface area contributed by atoms with Gasteiger partial charge in [-0.3, -0.25) is 9.59 Å². The van der Waals surface area contributed by atoms with Crippen LogP contribution in [-0.2, 0) is 14.8 Å². The van der Waals surface area contributed by atoms with Gasteiger partial charge in [-0.05, 0) is 56.2 Å². The molecule has 0 bridgehead atoms. The molecule has 1 saturated carbocycles. The van der Waals surface area contributed by atoms with Gasteiger partial charge in [-0.1, -0.05) is 43.9 Å². The number of aliphatic hydroxyl groups is 1. The molecule has 2 aromatic rings. The van der Waals surface area contributed by atoms with Crippen molar-refractivity contribution in [3.8, 4) is 5.75 Å². The van der Waals surface area contributed by atoms with E-state index in [1.54, 1.807) is 30.0 Å². The van der Waals surface area contributed by atoms with Crippen molar-refractivity contribution >= 4 is 39.1 Å². The number of hydrogen-bond acceptors (Lipinski definition) is 6. The Morgan fingerprint density at radius 3 is 2.50 bits per heavy atom. The van der Waals surface area contributed by atoms with E-state index < -0.39 is 22.2 Å². The summed E-state index contributed by atoms with van der Waals surface area (Å²) >= 11 is 5.95. The van der Waals surface area contributed by atoms with Crippen LogP contribution in [0.4, 0.5) is 5.69 Å².